The molecule has 0 spiro atoms. The average Bonchev–Trinajstić information content (AvgIpc) is 3.21. The fourth-order valence-electron chi connectivity index (χ4n) is 2.89. The summed E-state index contributed by atoms with van der Waals surface area (Å²) in [5.74, 6) is -0.367. The first-order chi connectivity index (χ1) is 11.9. The van der Waals surface area contributed by atoms with Gasteiger partial charge in [-0.15, -0.1) is 0 Å². The number of aryl methyl sites for hydroxylation is 1. The Hall–Kier alpha value is -2.70. The van der Waals surface area contributed by atoms with E-state index in [9.17, 15) is 19.1 Å². The number of benzene rings is 1. The third kappa shape index (κ3) is 3.70. The number of carbonyl (C=O) groups is 2. The van der Waals surface area contributed by atoms with Crippen molar-refractivity contribution in [2.75, 3.05) is 13.1 Å². The normalized spacial score (nSPS) is 20.0. The molecular formula is C18H19FN2O4. The van der Waals surface area contributed by atoms with E-state index in [1.54, 1.807) is 30.2 Å². The molecule has 0 aliphatic carbocycles. The molecule has 0 bridgehead atoms. The Morgan fingerprint density at radius 2 is 2.08 bits per heavy atom. The number of carbonyl (C=O) groups excluding carboxylic acids is 1. The minimum Gasteiger partial charge on any atom is -0.481 e. The van der Waals surface area contributed by atoms with Gasteiger partial charge in [0.25, 0.3) is 0 Å². The number of aliphatic carboxylic acids is 1. The maximum atomic E-state index is 12.9. The van der Waals surface area contributed by atoms with Gasteiger partial charge in [-0.3, -0.25) is 9.59 Å². The number of rotatable bonds is 5. The fourth-order valence-corrected chi connectivity index (χ4v) is 2.89. The van der Waals surface area contributed by atoms with E-state index < -0.39 is 11.4 Å². The van der Waals surface area contributed by atoms with Crippen LogP contribution in [-0.4, -0.2) is 40.0 Å². The van der Waals surface area contributed by atoms with E-state index in [0.29, 0.717) is 36.6 Å². The van der Waals surface area contributed by atoms with Crippen molar-refractivity contribution in [2.45, 2.75) is 26.2 Å². The molecule has 1 aliphatic heterocycles. The second kappa shape index (κ2) is 6.66. The van der Waals surface area contributed by atoms with Crippen LogP contribution in [0.15, 0.2) is 34.9 Å². The Morgan fingerprint density at radius 1 is 1.36 bits per heavy atom. The molecule has 0 saturated carbocycles. The largest absolute Gasteiger partial charge is 0.481 e. The maximum Gasteiger partial charge on any atom is 0.311 e. The molecule has 25 heavy (non-hydrogen) atoms. The van der Waals surface area contributed by atoms with Crippen molar-refractivity contribution >= 4 is 11.9 Å². The number of oxazole rings is 1. The van der Waals surface area contributed by atoms with Crippen molar-refractivity contribution in [3.63, 3.8) is 0 Å². The summed E-state index contributed by atoms with van der Waals surface area (Å²) in [5.41, 5.74) is -0.155. The lowest BCUT2D eigenvalue weighted by Crippen LogP contribution is -2.34. The topological polar surface area (TPSA) is 83.6 Å². The van der Waals surface area contributed by atoms with Crippen LogP contribution in [0.3, 0.4) is 0 Å². The van der Waals surface area contributed by atoms with Gasteiger partial charge < -0.3 is 14.4 Å². The number of amides is 1. The van der Waals surface area contributed by atoms with Crippen molar-refractivity contribution in [3.8, 4) is 11.3 Å². The van der Waals surface area contributed by atoms with E-state index in [0.717, 1.165) is 0 Å². The van der Waals surface area contributed by atoms with Crippen LogP contribution in [0.5, 0.6) is 0 Å². The van der Waals surface area contributed by atoms with E-state index in [2.05, 4.69) is 4.98 Å². The Labute approximate surface area is 144 Å². The van der Waals surface area contributed by atoms with Crippen LogP contribution in [-0.2, 0) is 16.0 Å². The Morgan fingerprint density at radius 3 is 2.72 bits per heavy atom. The SMILES string of the molecule is C[C@]1(C(=O)O)CCN(C(=O)CCc2ncc(-c3ccc(F)cc3)o2)C1. The van der Waals surface area contributed by atoms with Crippen LogP contribution < -0.4 is 0 Å². The summed E-state index contributed by atoms with van der Waals surface area (Å²) in [6.45, 7) is 2.34. The van der Waals surface area contributed by atoms with Gasteiger partial charge >= 0.3 is 5.97 Å². The average molecular weight is 346 g/mol. The van der Waals surface area contributed by atoms with Gasteiger partial charge in [0.2, 0.25) is 5.91 Å². The standard InChI is InChI=1S/C18H19FN2O4/c1-18(17(23)24)8-9-21(11-18)16(22)7-6-15-20-10-14(25-15)12-2-4-13(19)5-3-12/h2-5,10H,6-9,11H2,1H3,(H,23,24)/t18-/m0/s1. The number of halogens is 1. The minimum atomic E-state index is -0.876. The smallest absolute Gasteiger partial charge is 0.311 e. The van der Waals surface area contributed by atoms with Crippen molar-refractivity contribution < 1.29 is 23.5 Å². The van der Waals surface area contributed by atoms with Gasteiger partial charge in [0.15, 0.2) is 11.7 Å². The highest BCUT2D eigenvalue weighted by Crippen LogP contribution is 2.30. The van der Waals surface area contributed by atoms with Gasteiger partial charge in [0, 0.05) is 31.5 Å². The molecule has 6 nitrogen and oxygen atoms in total. The summed E-state index contributed by atoms with van der Waals surface area (Å²) >= 11 is 0. The summed E-state index contributed by atoms with van der Waals surface area (Å²) in [6, 6.07) is 5.88. The molecule has 0 unspecified atom stereocenters. The van der Waals surface area contributed by atoms with Gasteiger partial charge in [-0.2, -0.15) is 0 Å². The molecule has 0 radical (unpaired) electrons. The number of carboxylic acids is 1. The number of aromatic nitrogens is 1. The predicted octanol–water partition coefficient (Wildman–Crippen LogP) is 2.74. The summed E-state index contributed by atoms with van der Waals surface area (Å²) in [7, 11) is 0. The Kier molecular flexibility index (Phi) is 4.57. The van der Waals surface area contributed by atoms with Crippen molar-refractivity contribution in [1.82, 2.24) is 9.88 Å². The van der Waals surface area contributed by atoms with Gasteiger partial charge in [0.05, 0.1) is 11.6 Å². The molecule has 1 N–H and O–H groups in total. The van der Waals surface area contributed by atoms with Gasteiger partial charge in [0.1, 0.15) is 5.82 Å². The zero-order valence-electron chi connectivity index (χ0n) is 13.9. The fraction of sp³-hybridized carbons (Fsp3) is 0.389. The Balaban J connectivity index is 1.57. The zero-order valence-corrected chi connectivity index (χ0v) is 13.9. The highest BCUT2D eigenvalue weighted by atomic mass is 19.1. The highest BCUT2D eigenvalue weighted by molar-refractivity contribution is 5.80. The highest BCUT2D eigenvalue weighted by Gasteiger charge is 2.41. The van der Waals surface area contributed by atoms with Crippen molar-refractivity contribution in [3.05, 3.63) is 42.2 Å². The third-order valence-corrected chi connectivity index (χ3v) is 4.58. The quantitative estimate of drug-likeness (QED) is 0.900. The van der Waals surface area contributed by atoms with E-state index in [-0.39, 0.29) is 24.7 Å². The van der Waals surface area contributed by atoms with E-state index in [4.69, 9.17) is 4.42 Å². The van der Waals surface area contributed by atoms with Crippen LogP contribution in [0.25, 0.3) is 11.3 Å². The molecular weight excluding hydrogens is 327 g/mol. The van der Waals surface area contributed by atoms with E-state index >= 15 is 0 Å². The molecule has 1 aromatic carbocycles. The number of likely N-dealkylation sites (tertiary alicyclic amines) is 1. The molecule has 2 heterocycles. The first-order valence-electron chi connectivity index (χ1n) is 8.09. The third-order valence-electron chi connectivity index (χ3n) is 4.58. The first-order valence-corrected chi connectivity index (χ1v) is 8.09. The molecule has 1 amide bonds. The van der Waals surface area contributed by atoms with Gasteiger partial charge in [-0.25, -0.2) is 9.37 Å². The number of hydrogen-bond acceptors (Lipinski definition) is 4. The molecule has 2 aromatic rings. The predicted molar refractivity (Wildman–Crippen MR) is 87.2 cm³/mol. The van der Waals surface area contributed by atoms with Crippen LogP contribution in [0, 0.1) is 11.2 Å². The minimum absolute atomic E-state index is 0.105. The van der Waals surface area contributed by atoms with E-state index in [1.807, 2.05) is 0 Å². The summed E-state index contributed by atoms with van der Waals surface area (Å²) in [5, 5.41) is 9.22. The number of carboxylic acid groups (broad SMARTS) is 1. The summed E-state index contributed by atoms with van der Waals surface area (Å²) in [4.78, 5) is 29.2. The van der Waals surface area contributed by atoms with Crippen LogP contribution in [0.2, 0.25) is 0 Å². The van der Waals surface area contributed by atoms with Crippen LogP contribution in [0.4, 0.5) is 4.39 Å². The Bertz CT molecular complexity index is 787. The second-order valence-electron chi connectivity index (χ2n) is 6.56. The molecule has 3 rings (SSSR count). The second-order valence-corrected chi connectivity index (χ2v) is 6.56. The van der Waals surface area contributed by atoms with Gasteiger partial charge in [-0.05, 0) is 37.6 Å². The van der Waals surface area contributed by atoms with Crippen molar-refractivity contribution in [2.24, 2.45) is 5.41 Å². The van der Waals surface area contributed by atoms with Crippen LogP contribution >= 0.6 is 0 Å². The molecule has 1 aromatic heterocycles. The molecule has 1 aliphatic rings. The summed E-state index contributed by atoms with van der Waals surface area (Å²) < 4.78 is 18.5. The summed E-state index contributed by atoms with van der Waals surface area (Å²) in [6.07, 6.45) is 2.55. The molecule has 132 valence electrons. The molecule has 1 atom stereocenters. The number of nitrogens with zero attached hydrogens (tertiary/aromatic N) is 2. The first kappa shape index (κ1) is 17.1. The van der Waals surface area contributed by atoms with E-state index in [1.165, 1.54) is 12.1 Å². The molecule has 1 fully saturated rings. The lowest BCUT2D eigenvalue weighted by Gasteiger charge is -2.19. The molecule has 1 saturated heterocycles. The van der Waals surface area contributed by atoms with Crippen LogP contribution in [0.1, 0.15) is 25.7 Å². The van der Waals surface area contributed by atoms with Crippen molar-refractivity contribution in [1.29, 1.82) is 0 Å². The monoisotopic (exact) mass is 346 g/mol. The van der Waals surface area contributed by atoms with Gasteiger partial charge in [-0.1, -0.05) is 0 Å². The zero-order chi connectivity index (χ0) is 18.0. The lowest BCUT2D eigenvalue weighted by atomic mass is 9.90. The lowest BCUT2D eigenvalue weighted by molar-refractivity contribution is -0.147. The molecule has 7 heteroatoms. The number of hydrogen-bond donors (Lipinski definition) is 1. The maximum absolute atomic E-state index is 12.9.